The number of rotatable bonds is 6. The summed E-state index contributed by atoms with van der Waals surface area (Å²) < 4.78 is 5.57. The van der Waals surface area contributed by atoms with Crippen LogP contribution in [0.15, 0.2) is 85.7 Å². The van der Waals surface area contributed by atoms with Crippen LogP contribution in [0.4, 0.5) is 0 Å². The molecule has 0 unspecified atom stereocenters. The number of para-hydroxylation sites is 1. The Morgan fingerprint density at radius 1 is 1.13 bits per heavy atom. The molecule has 0 bridgehead atoms. The van der Waals surface area contributed by atoms with Gasteiger partial charge in [0.15, 0.2) is 0 Å². The fraction of sp³-hybridized carbons (Fsp3) is 0.0800. The molecule has 0 fully saturated rings. The highest BCUT2D eigenvalue weighted by atomic mass is 16.5. The smallest absolute Gasteiger partial charge is 0.335 e. The molecule has 2 heterocycles. The normalized spacial score (nSPS) is 11.8. The van der Waals surface area contributed by atoms with Crippen molar-refractivity contribution in [2.75, 3.05) is 0 Å². The van der Waals surface area contributed by atoms with Gasteiger partial charge in [0.2, 0.25) is 0 Å². The van der Waals surface area contributed by atoms with Gasteiger partial charge >= 0.3 is 5.97 Å². The number of hydrogen-bond acceptors (Lipinski definition) is 4. The summed E-state index contributed by atoms with van der Waals surface area (Å²) in [5.74, 6) is -0.0189. The second kappa shape index (κ2) is 8.57. The number of carbonyl (C=O) groups is 1. The van der Waals surface area contributed by atoms with Crippen LogP contribution in [0.1, 0.15) is 30.2 Å². The maximum atomic E-state index is 12.0. The number of aromatic nitrogens is 3. The molecule has 0 radical (unpaired) electrons. The molecule has 30 heavy (non-hydrogen) atoms. The van der Waals surface area contributed by atoms with Gasteiger partial charge < -0.3 is 4.74 Å². The van der Waals surface area contributed by atoms with Crippen LogP contribution in [0.25, 0.3) is 22.0 Å². The zero-order valence-electron chi connectivity index (χ0n) is 16.6. The molecule has 148 valence electrons. The van der Waals surface area contributed by atoms with Crippen molar-refractivity contribution in [1.29, 1.82) is 0 Å². The minimum absolute atomic E-state index is 0.478. The predicted molar refractivity (Wildman–Crippen MR) is 119 cm³/mol. The molecule has 1 N–H and O–H groups in total. The van der Waals surface area contributed by atoms with Crippen molar-refractivity contribution < 1.29 is 9.53 Å². The van der Waals surface area contributed by atoms with Gasteiger partial charge in [0.05, 0.1) is 17.4 Å². The monoisotopic (exact) mass is 395 g/mol. The Morgan fingerprint density at radius 2 is 1.97 bits per heavy atom. The maximum Gasteiger partial charge on any atom is 0.335 e. The Kier molecular flexibility index (Phi) is 5.52. The molecule has 2 aromatic heterocycles. The number of allylic oxidation sites excluding steroid dienone is 1. The summed E-state index contributed by atoms with van der Waals surface area (Å²) in [7, 11) is 0. The predicted octanol–water partition coefficient (Wildman–Crippen LogP) is 5.42. The molecular formula is C25H21N3O2. The maximum absolute atomic E-state index is 12.0. The first kappa shape index (κ1) is 19.3. The Hall–Kier alpha value is -3.99. The number of nitrogens with one attached hydrogen (secondary N) is 1. The second-order valence-corrected chi connectivity index (χ2v) is 6.72. The minimum Gasteiger partial charge on any atom is -0.423 e. The van der Waals surface area contributed by atoms with Crippen LogP contribution in [0.3, 0.4) is 0 Å². The minimum atomic E-state index is -0.497. The van der Waals surface area contributed by atoms with E-state index in [9.17, 15) is 4.79 Å². The van der Waals surface area contributed by atoms with Crippen molar-refractivity contribution >= 4 is 28.0 Å². The molecule has 0 aliphatic heterocycles. The Morgan fingerprint density at radius 3 is 2.73 bits per heavy atom. The molecule has 4 aromatic rings. The molecule has 0 saturated carbocycles. The summed E-state index contributed by atoms with van der Waals surface area (Å²) in [5, 5.41) is 8.12. The van der Waals surface area contributed by atoms with E-state index in [2.05, 4.69) is 34.8 Å². The third-order valence-electron chi connectivity index (χ3n) is 4.89. The number of benzene rings is 2. The SMILES string of the molecule is C=CC(=O)Oc1ccccc1/C(=C(\CC)c1ccccn1)c1ccc2[nH]ncc2c1. The number of pyridine rings is 1. The van der Waals surface area contributed by atoms with Crippen LogP contribution in [0, 0.1) is 0 Å². The van der Waals surface area contributed by atoms with Crippen LogP contribution in [0.2, 0.25) is 0 Å². The van der Waals surface area contributed by atoms with E-state index < -0.39 is 5.97 Å². The average Bonchev–Trinajstić information content (AvgIpc) is 3.26. The van der Waals surface area contributed by atoms with E-state index in [1.54, 1.807) is 18.5 Å². The molecular weight excluding hydrogens is 374 g/mol. The number of nitrogens with zero attached hydrogens (tertiary/aromatic N) is 2. The van der Waals surface area contributed by atoms with Crippen LogP contribution >= 0.6 is 0 Å². The Labute approximate surface area is 174 Å². The lowest BCUT2D eigenvalue weighted by molar-refractivity contribution is -0.128. The number of ether oxygens (including phenoxy) is 1. The third kappa shape index (κ3) is 3.78. The van der Waals surface area contributed by atoms with Crippen molar-refractivity contribution in [3.63, 3.8) is 0 Å². The van der Waals surface area contributed by atoms with Crippen molar-refractivity contribution in [2.24, 2.45) is 0 Å². The highest BCUT2D eigenvalue weighted by molar-refractivity contribution is 6.01. The van der Waals surface area contributed by atoms with Gasteiger partial charge in [-0.2, -0.15) is 5.10 Å². The molecule has 0 saturated heterocycles. The topological polar surface area (TPSA) is 67.9 Å². The number of H-pyrrole nitrogens is 1. The second-order valence-electron chi connectivity index (χ2n) is 6.72. The number of carbonyl (C=O) groups excluding carboxylic acids is 1. The van der Waals surface area contributed by atoms with Crippen LogP contribution in [0.5, 0.6) is 5.75 Å². The third-order valence-corrected chi connectivity index (χ3v) is 4.89. The summed E-state index contributed by atoms with van der Waals surface area (Å²) in [6.07, 6.45) is 5.49. The molecule has 4 rings (SSSR count). The van der Waals surface area contributed by atoms with Gasteiger partial charge in [-0.25, -0.2) is 4.79 Å². The zero-order valence-corrected chi connectivity index (χ0v) is 16.6. The number of hydrogen-bond donors (Lipinski definition) is 1. The molecule has 0 aliphatic carbocycles. The lowest BCUT2D eigenvalue weighted by Gasteiger charge is -2.18. The fourth-order valence-corrected chi connectivity index (χ4v) is 3.53. The molecule has 5 heteroatoms. The van der Waals surface area contributed by atoms with Gasteiger partial charge in [-0.3, -0.25) is 10.1 Å². The fourth-order valence-electron chi connectivity index (χ4n) is 3.53. The summed E-state index contributed by atoms with van der Waals surface area (Å²) in [6.45, 7) is 5.61. The Balaban J connectivity index is 2.01. The van der Waals surface area contributed by atoms with Crippen molar-refractivity contribution in [3.8, 4) is 5.75 Å². The van der Waals surface area contributed by atoms with Crippen LogP contribution < -0.4 is 4.74 Å². The van der Waals surface area contributed by atoms with Gasteiger partial charge in [-0.05, 0) is 53.5 Å². The molecule has 5 nitrogen and oxygen atoms in total. The van der Waals surface area contributed by atoms with E-state index in [-0.39, 0.29) is 0 Å². The van der Waals surface area contributed by atoms with Crippen LogP contribution in [-0.2, 0) is 4.79 Å². The van der Waals surface area contributed by atoms with E-state index in [0.29, 0.717) is 5.75 Å². The van der Waals surface area contributed by atoms with E-state index in [1.165, 1.54) is 0 Å². The largest absolute Gasteiger partial charge is 0.423 e. The molecule has 0 atom stereocenters. The van der Waals surface area contributed by atoms with E-state index in [4.69, 9.17) is 4.74 Å². The van der Waals surface area contributed by atoms with Crippen molar-refractivity contribution in [1.82, 2.24) is 15.2 Å². The molecule has 0 spiro atoms. The van der Waals surface area contributed by atoms with Crippen LogP contribution in [-0.4, -0.2) is 21.2 Å². The van der Waals surface area contributed by atoms with Gasteiger partial charge in [0.25, 0.3) is 0 Å². The standard InChI is InChI=1S/C25H21N3O2/c1-3-19(22-10-7-8-14-26-22)25(17-12-13-21-18(15-17)16-27-28-21)20-9-5-6-11-23(20)30-24(29)4-2/h4-16H,2-3H2,1H3,(H,27,28)/b25-19+. The lowest BCUT2D eigenvalue weighted by Crippen LogP contribution is -2.06. The van der Waals surface area contributed by atoms with E-state index >= 15 is 0 Å². The van der Waals surface area contributed by atoms with Gasteiger partial charge in [0, 0.05) is 23.2 Å². The number of esters is 1. The average molecular weight is 395 g/mol. The van der Waals surface area contributed by atoms with E-state index in [0.717, 1.165) is 51.4 Å². The van der Waals surface area contributed by atoms with Gasteiger partial charge in [-0.1, -0.05) is 43.8 Å². The first-order chi connectivity index (χ1) is 14.7. The summed E-state index contributed by atoms with van der Waals surface area (Å²) in [4.78, 5) is 16.5. The number of fused-ring (bicyclic) bond motifs is 1. The number of aromatic amines is 1. The van der Waals surface area contributed by atoms with Gasteiger partial charge in [-0.15, -0.1) is 0 Å². The quantitative estimate of drug-likeness (QED) is 0.269. The Bertz CT molecular complexity index is 1240. The first-order valence-corrected chi connectivity index (χ1v) is 9.73. The zero-order chi connectivity index (χ0) is 20.9. The summed E-state index contributed by atoms with van der Waals surface area (Å²) in [5.41, 5.74) is 5.67. The molecule has 0 aliphatic rings. The van der Waals surface area contributed by atoms with Crippen molar-refractivity contribution in [2.45, 2.75) is 13.3 Å². The van der Waals surface area contributed by atoms with Crippen molar-refractivity contribution in [3.05, 3.63) is 103 Å². The summed E-state index contributed by atoms with van der Waals surface area (Å²) >= 11 is 0. The molecule has 2 aromatic carbocycles. The molecule has 0 amide bonds. The summed E-state index contributed by atoms with van der Waals surface area (Å²) in [6, 6.07) is 19.5. The first-order valence-electron chi connectivity index (χ1n) is 9.73. The highest BCUT2D eigenvalue weighted by Gasteiger charge is 2.19. The van der Waals surface area contributed by atoms with E-state index in [1.807, 2.05) is 48.5 Å². The highest BCUT2D eigenvalue weighted by Crippen LogP contribution is 2.38. The van der Waals surface area contributed by atoms with Gasteiger partial charge in [0.1, 0.15) is 5.75 Å². The lowest BCUT2D eigenvalue weighted by atomic mass is 9.89.